The van der Waals surface area contributed by atoms with Gasteiger partial charge in [0.1, 0.15) is 5.75 Å². The normalized spacial score (nSPS) is 10.9. The van der Waals surface area contributed by atoms with Gasteiger partial charge in [-0.1, -0.05) is 0 Å². The van der Waals surface area contributed by atoms with E-state index in [1.54, 1.807) is 25.3 Å². The van der Waals surface area contributed by atoms with Crippen molar-refractivity contribution in [3.8, 4) is 11.8 Å². The van der Waals surface area contributed by atoms with Crippen molar-refractivity contribution < 1.29 is 9.47 Å². The molecule has 17 heavy (non-hydrogen) atoms. The number of anilines is 1. The summed E-state index contributed by atoms with van der Waals surface area (Å²) in [6, 6.07) is 7.04. The van der Waals surface area contributed by atoms with Crippen LogP contribution in [0, 0.1) is 11.3 Å². The van der Waals surface area contributed by atoms with E-state index in [4.69, 9.17) is 20.5 Å². The molecule has 0 heterocycles. The van der Waals surface area contributed by atoms with Crippen LogP contribution in [-0.4, -0.2) is 19.3 Å². The fourth-order valence-corrected chi connectivity index (χ4v) is 1.24. The molecule has 1 aromatic rings. The molecular formula is C13H18N2O2. The number of hydrogen-bond donors (Lipinski definition) is 1. The summed E-state index contributed by atoms with van der Waals surface area (Å²) in [4.78, 5) is 0. The van der Waals surface area contributed by atoms with Crippen LogP contribution >= 0.6 is 0 Å². The van der Waals surface area contributed by atoms with Crippen LogP contribution in [0.25, 0.3) is 0 Å². The predicted molar refractivity (Wildman–Crippen MR) is 66.8 cm³/mol. The Morgan fingerprint density at radius 2 is 2.12 bits per heavy atom. The topological polar surface area (TPSA) is 68.3 Å². The van der Waals surface area contributed by atoms with Crippen molar-refractivity contribution in [3.63, 3.8) is 0 Å². The summed E-state index contributed by atoms with van der Waals surface area (Å²) in [5.74, 6) is 0.552. The Morgan fingerprint density at radius 1 is 1.41 bits per heavy atom. The third-order valence-corrected chi connectivity index (χ3v) is 2.66. The Bertz CT molecular complexity index is 422. The summed E-state index contributed by atoms with van der Waals surface area (Å²) in [7, 11) is 1.67. The number of methoxy groups -OCH3 is 1. The highest BCUT2D eigenvalue weighted by Gasteiger charge is 2.16. The molecule has 0 radical (unpaired) electrons. The van der Waals surface area contributed by atoms with Gasteiger partial charge in [0.15, 0.2) is 0 Å². The van der Waals surface area contributed by atoms with E-state index in [0.717, 1.165) is 6.42 Å². The zero-order valence-electron chi connectivity index (χ0n) is 10.5. The number of benzene rings is 1. The van der Waals surface area contributed by atoms with E-state index in [9.17, 15) is 0 Å². The maximum absolute atomic E-state index is 8.78. The first-order valence-corrected chi connectivity index (χ1v) is 5.46. The molecule has 0 aromatic heterocycles. The van der Waals surface area contributed by atoms with Crippen LogP contribution < -0.4 is 10.5 Å². The van der Waals surface area contributed by atoms with Gasteiger partial charge in [-0.2, -0.15) is 5.26 Å². The third-order valence-electron chi connectivity index (χ3n) is 2.66. The predicted octanol–water partition coefficient (Wildman–Crippen LogP) is 2.33. The maximum Gasteiger partial charge on any atom is 0.143 e. The average molecular weight is 234 g/mol. The SMILES string of the molecule is COC(C)(C)CCOc1cc(C#N)ccc1N. The Morgan fingerprint density at radius 3 is 2.71 bits per heavy atom. The summed E-state index contributed by atoms with van der Waals surface area (Å²) in [5, 5.41) is 8.78. The van der Waals surface area contributed by atoms with Gasteiger partial charge in [0.25, 0.3) is 0 Å². The van der Waals surface area contributed by atoms with Crippen LogP contribution in [0.2, 0.25) is 0 Å². The molecule has 0 saturated heterocycles. The standard InChI is InChI=1S/C13H18N2O2/c1-13(2,16-3)6-7-17-12-8-10(9-14)4-5-11(12)15/h4-5,8H,6-7,15H2,1-3H3. The highest BCUT2D eigenvalue weighted by Crippen LogP contribution is 2.23. The third kappa shape index (κ3) is 3.97. The molecule has 0 fully saturated rings. The van der Waals surface area contributed by atoms with Gasteiger partial charge in [-0.3, -0.25) is 0 Å². The molecule has 4 heteroatoms. The monoisotopic (exact) mass is 234 g/mol. The molecule has 0 saturated carbocycles. The average Bonchev–Trinajstić information content (AvgIpc) is 2.31. The van der Waals surface area contributed by atoms with Crippen LogP contribution in [-0.2, 0) is 4.74 Å². The van der Waals surface area contributed by atoms with Crippen molar-refractivity contribution in [3.05, 3.63) is 23.8 Å². The molecule has 92 valence electrons. The van der Waals surface area contributed by atoms with Crippen LogP contribution in [0.5, 0.6) is 5.75 Å². The first-order chi connectivity index (χ1) is 7.98. The molecule has 0 bridgehead atoms. The zero-order valence-corrected chi connectivity index (χ0v) is 10.5. The van der Waals surface area contributed by atoms with Crippen molar-refractivity contribution in [2.45, 2.75) is 25.9 Å². The van der Waals surface area contributed by atoms with Crippen molar-refractivity contribution >= 4 is 5.69 Å². The summed E-state index contributed by atoms with van der Waals surface area (Å²) in [6.07, 6.45) is 0.750. The summed E-state index contributed by atoms with van der Waals surface area (Å²) < 4.78 is 10.8. The van der Waals surface area contributed by atoms with Crippen LogP contribution in [0.3, 0.4) is 0 Å². The van der Waals surface area contributed by atoms with Crippen LogP contribution in [0.4, 0.5) is 5.69 Å². The number of nitriles is 1. The molecule has 0 aliphatic heterocycles. The minimum Gasteiger partial charge on any atom is -0.491 e. The Balaban J connectivity index is 2.61. The summed E-state index contributed by atoms with van der Waals surface area (Å²) in [5.41, 5.74) is 6.62. The molecule has 1 aromatic carbocycles. The largest absolute Gasteiger partial charge is 0.491 e. The van der Waals surface area contributed by atoms with Crippen LogP contribution in [0.1, 0.15) is 25.8 Å². The zero-order chi connectivity index (χ0) is 12.9. The number of nitrogens with two attached hydrogens (primary N) is 1. The summed E-state index contributed by atoms with van der Waals surface area (Å²) >= 11 is 0. The maximum atomic E-state index is 8.78. The van der Waals surface area contributed by atoms with E-state index in [1.165, 1.54) is 0 Å². The number of ether oxygens (including phenoxy) is 2. The molecule has 0 amide bonds. The molecule has 0 aliphatic rings. The van der Waals surface area contributed by atoms with Crippen molar-refractivity contribution in [2.24, 2.45) is 0 Å². The second kappa shape index (κ2) is 5.55. The second-order valence-corrected chi connectivity index (χ2v) is 4.43. The minimum absolute atomic E-state index is 0.221. The highest BCUT2D eigenvalue weighted by atomic mass is 16.5. The molecule has 0 unspecified atom stereocenters. The van der Waals surface area contributed by atoms with E-state index < -0.39 is 0 Å². The Kier molecular flexibility index (Phi) is 4.36. The lowest BCUT2D eigenvalue weighted by molar-refractivity contribution is 0.00551. The molecule has 0 spiro atoms. The van der Waals surface area contributed by atoms with Gasteiger partial charge in [-0.15, -0.1) is 0 Å². The molecule has 4 nitrogen and oxygen atoms in total. The van der Waals surface area contributed by atoms with Gasteiger partial charge in [-0.05, 0) is 26.0 Å². The van der Waals surface area contributed by atoms with E-state index >= 15 is 0 Å². The molecule has 0 aliphatic carbocycles. The Labute approximate surface area is 102 Å². The quantitative estimate of drug-likeness (QED) is 0.794. The van der Waals surface area contributed by atoms with E-state index in [0.29, 0.717) is 23.6 Å². The molecular weight excluding hydrogens is 216 g/mol. The fraction of sp³-hybridized carbons (Fsp3) is 0.462. The minimum atomic E-state index is -0.221. The molecule has 2 N–H and O–H groups in total. The van der Waals surface area contributed by atoms with Crippen molar-refractivity contribution in [1.29, 1.82) is 5.26 Å². The molecule has 1 rings (SSSR count). The van der Waals surface area contributed by atoms with Crippen molar-refractivity contribution in [2.75, 3.05) is 19.5 Å². The van der Waals surface area contributed by atoms with Gasteiger partial charge < -0.3 is 15.2 Å². The lowest BCUT2D eigenvalue weighted by Crippen LogP contribution is -2.25. The first kappa shape index (κ1) is 13.3. The van der Waals surface area contributed by atoms with Gasteiger partial charge in [0.2, 0.25) is 0 Å². The lowest BCUT2D eigenvalue weighted by atomic mass is 10.1. The Hall–Kier alpha value is -1.73. The molecule has 0 atom stereocenters. The lowest BCUT2D eigenvalue weighted by Gasteiger charge is -2.22. The van der Waals surface area contributed by atoms with Gasteiger partial charge >= 0.3 is 0 Å². The number of rotatable bonds is 5. The van der Waals surface area contributed by atoms with Crippen molar-refractivity contribution in [1.82, 2.24) is 0 Å². The fourth-order valence-electron chi connectivity index (χ4n) is 1.24. The van der Waals surface area contributed by atoms with E-state index in [2.05, 4.69) is 6.07 Å². The first-order valence-electron chi connectivity index (χ1n) is 5.46. The van der Waals surface area contributed by atoms with Gasteiger partial charge in [-0.25, -0.2) is 0 Å². The van der Waals surface area contributed by atoms with Crippen LogP contribution in [0.15, 0.2) is 18.2 Å². The van der Waals surface area contributed by atoms with Gasteiger partial charge in [0.05, 0.1) is 29.5 Å². The highest BCUT2D eigenvalue weighted by molar-refractivity contribution is 5.55. The number of hydrogen-bond acceptors (Lipinski definition) is 4. The number of nitrogens with zero attached hydrogens (tertiary/aromatic N) is 1. The number of nitrogen functional groups attached to an aromatic ring is 1. The second-order valence-electron chi connectivity index (χ2n) is 4.43. The van der Waals surface area contributed by atoms with E-state index in [-0.39, 0.29) is 5.60 Å². The van der Waals surface area contributed by atoms with E-state index in [1.807, 2.05) is 13.8 Å². The summed E-state index contributed by atoms with van der Waals surface area (Å²) in [6.45, 7) is 4.48. The van der Waals surface area contributed by atoms with Gasteiger partial charge in [0, 0.05) is 19.6 Å². The smallest absolute Gasteiger partial charge is 0.143 e.